The summed E-state index contributed by atoms with van der Waals surface area (Å²) < 4.78 is 1.74. The lowest BCUT2D eigenvalue weighted by atomic mass is 10.1. The molecule has 0 atom stereocenters. The highest BCUT2D eigenvalue weighted by Gasteiger charge is 2.14. The molecule has 8 heteroatoms. The number of aromatic carboxylic acids is 1. The van der Waals surface area contributed by atoms with Crippen LogP contribution in [0.15, 0.2) is 64.6 Å². The molecule has 31 heavy (non-hydrogen) atoms. The molecule has 0 unspecified atom stereocenters. The van der Waals surface area contributed by atoms with E-state index in [2.05, 4.69) is 20.6 Å². The quantitative estimate of drug-likeness (QED) is 0.338. The van der Waals surface area contributed by atoms with E-state index in [0.717, 1.165) is 27.7 Å². The van der Waals surface area contributed by atoms with E-state index in [4.69, 9.17) is 5.11 Å². The topological polar surface area (TPSA) is 112 Å². The van der Waals surface area contributed by atoms with E-state index in [1.807, 2.05) is 39.0 Å². The third kappa shape index (κ3) is 3.95. The first-order chi connectivity index (χ1) is 14.8. The van der Waals surface area contributed by atoms with E-state index in [9.17, 15) is 9.59 Å². The lowest BCUT2D eigenvalue weighted by Gasteiger charge is -2.10. The Morgan fingerprint density at radius 3 is 2.58 bits per heavy atom. The van der Waals surface area contributed by atoms with Gasteiger partial charge in [-0.2, -0.15) is 10.2 Å². The van der Waals surface area contributed by atoms with E-state index >= 15 is 0 Å². The summed E-state index contributed by atoms with van der Waals surface area (Å²) in [6.45, 7) is 5.78. The van der Waals surface area contributed by atoms with Gasteiger partial charge in [-0.25, -0.2) is 9.48 Å². The van der Waals surface area contributed by atoms with E-state index in [1.165, 1.54) is 12.1 Å². The average Bonchev–Trinajstić information content (AvgIpc) is 3.13. The number of hydrazone groups is 1. The second-order valence-electron chi connectivity index (χ2n) is 7.31. The fraction of sp³-hybridized carbons (Fsp3) is 0.130. The molecule has 0 saturated heterocycles. The number of aromatic nitrogens is 3. The first kappa shape index (κ1) is 20.1. The Morgan fingerprint density at radius 1 is 1.13 bits per heavy atom. The van der Waals surface area contributed by atoms with E-state index in [0.29, 0.717) is 17.1 Å². The number of rotatable bonds is 5. The van der Waals surface area contributed by atoms with Crippen LogP contribution >= 0.6 is 0 Å². The zero-order valence-corrected chi connectivity index (χ0v) is 17.3. The first-order valence-electron chi connectivity index (χ1n) is 9.66. The van der Waals surface area contributed by atoms with Gasteiger partial charge >= 0.3 is 5.97 Å². The minimum absolute atomic E-state index is 0.195. The monoisotopic (exact) mass is 415 g/mol. The molecular formula is C23H21N5O3. The van der Waals surface area contributed by atoms with Gasteiger partial charge in [0.25, 0.3) is 5.56 Å². The summed E-state index contributed by atoms with van der Waals surface area (Å²) in [6.07, 6.45) is 1.71. The zero-order chi connectivity index (χ0) is 22.1. The summed E-state index contributed by atoms with van der Waals surface area (Å²) >= 11 is 0. The van der Waals surface area contributed by atoms with Crippen LogP contribution in [0.2, 0.25) is 0 Å². The molecule has 2 heterocycles. The third-order valence-electron chi connectivity index (χ3n) is 5.09. The summed E-state index contributed by atoms with van der Waals surface area (Å²) in [5.41, 5.74) is 8.54. The van der Waals surface area contributed by atoms with Crippen LogP contribution in [0.4, 0.5) is 5.69 Å². The number of carboxylic acids is 1. The molecule has 0 bridgehead atoms. The molecule has 2 aromatic carbocycles. The Balaban J connectivity index is 1.68. The van der Waals surface area contributed by atoms with Crippen LogP contribution in [0.1, 0.15) is 34.1 Å². The molecule has 2 aromatic heterocycles. The van der Waals surface area contributed by atoms with Gasteiger partial charge in [-0.05, 0) is 57.2 Å². The number of hydrogen-bond donors (Lipinski definition) is 3. The summed E-state index contributed by atoms with van der Waals surface area (Å²) in [7, 11) is 0. The number of nitrogens with zero attached hydrogens (tertiary/aromatic N) is 3. The van der Waals surface area contributed by atoms with Gasteiger partial charge in [-0.3, -0.25) is 10.2 Å². The summed E-state index contributed by atoms with van der Waals surface area (Å²) in [4.78, 5) is 26.0. The van der Waals surface area contributed by atoms with Crippen molar-refractivity contribution < 1.29 is 9.90 Å². The van der Waals surface area contributed by atoms with Crippen LogP contribution in [0.25, 0.3) is 16.6 Å². The third-order valence-corrected chi connectivity index (χ3v) is 5.09. The maximum atomic E-state index is 12.2. The Kier molecular flexibility index (Phi) is 5.12. The molecule has 4 aromatic rings. The van der Waals surface area contributed by atoms with Crippen LogP contribution in [-0.4, -0.2) is 31.6 Å². The minimum Gasteiger partial charge on any atom is -0.478 e. The van der Waals surface area contributed by atoms with Gasteiger partial charge in [0.2, 0.25) is 0 Å². The molecule has 0 aliphatic heterocycles. The normalized spacial score (nSPS) is 11.6. The standard InChI is InChI=1S/C23H21N5O3/c1-13-4-9-20-18(10-13)21(11-22(29)25-20)28-15(3)19(12-24-28)14(2)26-27-17-7-5-16(6-8-17)23(30)31/h4-12,27H,1-3H3,(H,25,29)(H,30,31)/b26-14+. The largest absolute Gasteiger partial charge is 0.478 e. The number of carbonyl (C=O) groups is 1. The number of nitrogens with one attached hydrogen (secondary N) is 2. The van der Waals surface area contributed by atoms with Gasteiger partial charge in [-0.15, -0.1) is 0 Å². The highest BCUT2D eigenvalue weighted by molar-refractivity contribution is 6.00. The van der Waals surface area contributed by atoms with Crippen molar-refractivity contribution in [2.45, 2.75) is 20.8 Å². The second-order valence-corrected chi connectivity index (χ2v) is 7.31. The van der Waals surface area contributed by atoms with Crippen molar-refractivity contribution in [1.82, 2.24) is 14.8 Å². The van der Waals surface area contributed by atoms with Crippen LogP contribution in [0.5, 0.6) is 0 Å². The predicted octanol–water partition coefficient (Wildman–Crippen LogP) is 3.86. The average molecular weight is 415 g/mol. The van der Waals surface area contributed by atoms with Crippen molar-refractivity contribution in [2.24, 2.45) is 5.10 Å². The van der Waals surface area contributed by atoms with Crippen LogP contribution in [0, 0.1) is 13.8 Å². The molecule has 0 spiro atoms. The molecule has 156 valence electrons. The van der Waals surface area contributed by atoms with Crippen LogP contribution in [-0.2, 0) is 0 Å². The molecule has 0 aliphatic rings. The van der Waals surface area contributed by atoms with E-state index < -0.39 is 5.97 Å². The first-order valence-corrected chi connectivity index (χ1v) is 9.66. The van der Waals surface area contributed by atoms with E-state index in [-0.39, 0.29) is 11.1 Å². The number of aryl methyl sites for hydroxylation is 1. The number of aromatic amines is 1. The van der Waals surface area contributed by atoms with E-state index in [1.54, 1.807) is 29.1 Å². The van der Waals surface area contributed by atoms with Gasteiger partial charge in [0.05, 0.1) is 40.1 Å². The molecule has 0 aliphatic carbocycles. The highest BCUT2D eigenvalue weighted by atomic mass is 16.4. The Labute approximate surface area is 177 Å². The molecule has 0 radical (unpaired) electrons. The van der Waals surface area contributed by atoms with Crippen molar-refractivity contribution in [3.63, 3.8) is 0 Å². The lowest BCUT2D eigenvalue weighted by molar-refractivity contribution is 0.0697. The van der Waals surface area contributed by atoms with Gasteiger partial charge < -0.3 is 10.1 Å². The summed E-state index contributed by atoms with van der Waals surface area (Å²) in [6, 6.07) is 13.7. The van der Waals surface area contributed by atoms with Gasteiger partial charge in [0.15, 0.2) is 0 Å². The SMILES string of the molecule is C/C(=N\Nc1ccc(C(=O)O)cc1)c1cnn(-c2cc(=O)[nH]c3ccc(C)cc23)c1C. The second kappa shape index (κ2) is 7.91. The fourth-order valence-electron chi connectivity index (χ4n) is 3.43. The van der Waals surface area contributed by atoms with Crippen LogP contribution < -0.4 is 11.0 Å². The Morgan fingerprint density at radius 2 is 1.87 bits per heavy atom. The zero-order valence-electron chi connectivity index (χ0n) is 17.3. The Hall–Kier alpha value is -4.20. The van der Waals surface area contributed by atoms with Crippen molar-refractivity contribution >= 4 is 28.3 Å². The number of carboxylic acid groups (broad SMARTS) is 1. The fourth-order valence-corrected chi connectivity index (χ4v) is 3.43. The number of benzene rings is 2. The molecule has 0 saturated carbocycles. The number of pyridine rings is 1. The smallest absolute Gasteiger partial charge is 0.335 e. The van der Waals surface area contributed by atoms with Gasteiger partial charge in [0.1, 0.15) is 0 Å². The summed E-state index contributed by atoms with van der Waals surface area (Å²) in [5.74, 6) is -0.975. The number of hydrogen-bond acceptors (Lipinski definition) is 5. The summed E-state index contributed by atoms with van der Waals surface area (Å²) in [5, 5.41) is 18.8. The highest BCUT2D eigenvalue weighted by Crippen LogP contribution is 2.23. The van der Waals surface area contributed by atoms with Crippen LogP contribution in [0.3, 0.4) is 0 Å². The van der Waals surface area contributed by atoms with Crippen molar-refractivity contribution in [3.05, 3.63) is 87.5 Å². The number of fused-ring (bicyclic) bond motifs is 1. The predicted molar refractivity (Wildman–Crippen MR) is 120 cm³/mol. The molecule has 3 N–H and O–H groups in total. The van der Waals surface area contributed by atoms with Crippen molar-refractivity contribution in [2.75, 3.05) is 5.43 Å². The van der Waals surface area contributed by atoms with Gasteiger partial charge in [0, 0.05) is 17.0 Å². The molecular weight excluding hydrogens is 394 g/mol. The number of anilines is 1. The minimum atomic E-state index is -0.975. The van der Waals surface area contributed by atoms with Crippen molar-refractivity contribution in [3.8, 4) is 5.69 Å². The molecule has 8 nitrogen and oxygen atoms in total. The number of H-pyrrole nitrogens is 1. The molecule has 4 rings (SSSR count). The van der Waals surface area contributed by atoms with Gasteiger partial charge in [-0.1, -0.05) is 11.6 Å². The maximum absolute atomic E-state index is 12.2. The lowest BCUT2D eigenvalue weighted by Crippen LogP contribution is -2.10. The molecule has 0 amide bonds. The van der Waals surface area contributed by atoms with Crippen molar-refractivity contribution in [1.29, 1.82) is 0 Å². The molecule has 0 fully saturated rings. The Bertz CT molecular complexity index is 1380. The maximum Gasteiger partial charge on any atom is 0.335 e.